The van der Waals surface area contributed by atoms with Crippen LogP contribution in [-0.2, 0) is 0 Å². The largest absolute Gasteiger partial charge is 0.507 e. The Morgan fingerprint density at radius 1 is 0.548 bits per heavy atom. The van der Waals surface area contributed by atoms with Crippen molar-refractivity contribution in [1.82, 2.24) is 9.13 Å². The average molecular weight is 540 g/mol. The summed E-state index contributed by atoms with van der Waals surface area (Å²) in [4.78, 5) is 0. The van der Waals surface area contributed by atoms with Crippen molar-refractivity contribution in [2.45, 2.75) is 6.92 Å². The Morgan fingerprint density at radius 3 is 1.74 bits per heavy atom. The van der Waals surface area contributed by atoms with Gasteiger partial charge >= 0.3 is 0 Å². The van der Waals surface area contributed by atoms with E-state index in [1.165, 1.54) is 10.8 Å². The number of phenols is 1. The van der Waals surface area contributed by atoms with E-state index in [1.54, 1.807) is 6.07 Å². The minimum atomic E-state index is 0.211. The number of aromatic hydroxyl groups is 1. The Hall–Kier alpha value is -5.79. The maximum Gasteiger partial charge on any atom is 0.123 e. The lowest BCUT2D eigenvalue weighted by atomic mass is 9.98. The first kappa shape index (κ1) is 24.0. The lowest BCUT2D eigenvalue weighted by molar-refractivity contribution is 0.477. The maximum atomic E-state index is 11.2. The molecule has 0 aliphatic heterocycles. The van der Waals surface area contributed by atoms with E-state index in [1.807, 2.05) is 36.4 Å². The number of phenolic OH excluding ortho intramolecular Hbond substituents is 1. The fourth-order valence-corrected chi connectivity index (χ4v) is 6.50. The van der Waals surface area contributed by atoms with Gasteiger partial charge in [0.25, 0.3) is 0 Å². The van der Waals surface area contributed by atoms with Crippen molar-refractivity contribution in [2.75, 3.05) is 0 Å². The second kappa shape index (κ2) is 9.12. The van der Waals surface area contributed by atoms with E-state index in [2.05, 4.69) is 107 Å². The summed E-state index contributed by atoms with van der Waals surface area (Å²) in [5, 5.41) is 25.8. The molecule has 2 aromatic heterocycles. The van der Waals surface area contributed by atoms with E-state index in [0.717, 1.165) is 60.9 Å². The summed E-state index contributed by atoms with van der Waals surface area (Å²) in [7, 11) is 0. The average Bonchev–Trinajstić information content (AvgIpc) is 3.55. The molecule has 0 amide bonds. The van der Waals surface area contributed by atoms with Crippen LogP contribution in [-0.4, -0.2) is 14.2 Å². The summed E-state index contributed by atoms with van der Waals surface area (Å²) in [6.07, 6.45) is 0. The number of para-hydroxylation sites is 4. The minimum absolute atomic E-state index is 0.211. The van der Waals surface area contributed by atoms with Gasteiger partial charge in [0.2, 0.25) is 0 Å². The molecule has 8 aromatic rings. The third kappa shape index (κ3) is 3.41. The van der Waals surface area contributed by atoms with Gasteiger partial charge < -0.3 is 14.2 Å². The molecule has 0 atom stereocenters. The predicted molar refractivity (Wildman–Crippen MR) is 172 cm³/mol. The highest BCUT2D eigenvalue weighted by Gasteiger charge is 2.18. The Labute approximate surface area is 242 Å². The van der Waals surface area contributed by atoms with Crippen LogP contribution in [0.5, 0.6) is 5.75 Å². The Bertz CT molecular complexity index is 2350. The van der Waals surface area contributed by atoms with Crippen LogP contribution >= 0.6 is 0 Å². The topological polar surface area (TPSA) is 53.9 Å². The van der Waals surface area contributed by atoms with E-state index in [0.29, 0.717) is 5.56 Å². The zero-order valence-corrected chi connectivity index (χ0v) is 22.9. The quantitative estimate of drug-likeness (QED) is 0.243. The van der Waals surface area contributed by atoms with E-state index in [4.69, 9.17) is 0 Å². The Kier molecular flexibility index (Phi) is 5.22. The SMILES string of the molecule is Cc1ccc(-n2c3ccccc3c3ccccc32)cc1-c1cc(-n2c3ccccc3c3cccc(C#N)c32)ccc1O. The third-order valence-corrected chi connectivity index (χ3v) is 8.40. The number of fused-ring (bicyclic) bond motifs is 6. The number of aryl methyl sites for hydroxylation is 1. The van der Waals surface area contributed by atoms with Crippen LogP contribution in [0.1, 0.15) is 11.1 Å². The monoisotopic (exact) mass is 539 g/mol. The van der Waals surface area contributed by atoms with Gasteiger partial charge in [-0.3, -0.25) is 0 Å². The maximum absolute atomic E-state index is 11.2. The van der Waals surface area contributed by atoms with Crippen LogP contribution in [0.2, 0.25) is 0 Å². The summed E-state index contributed by atoms with van der Waals surface area (Å²) < 4.78 is 4.43. The third-order valence-electron chi connectivity index (χ3n) is 8.40. The molecule has 4 nitrogen and oxygen atoms in total. The normalized spacial score (nSPS) is 11.5. The van der Waals surface area contributed by atoms with Crippen LogP contribution in [0.25, 0.3) is 66.1 Å². The predicted octanol–water partition coefficient (Wildman–Crippen LogP) is 9.43. The summed E-state index contributed by atoms with van der Waals surface area (Å²) in [5.41, 5.74) is 9.45. The van der Waals surface area contributed by atoms with Crippen LogP contribution in [0.3, 0.4) is 0 Å². The van der Waals surface area contributed by atoms with Crippen molar-refractivity contribution in [2.24, 2.45) is 0 Å². The number of hydrogen-bond acceptors (Lipinski definition) is 2. The molecule has 0 fully saturated rings. The van der Waals surface area contributed by atoms with Crippen molar-refractivity contribution < 1.29 is 5.11 Å². The van der Waals surface area contributed by atoms with E-state index >= 15 is 0 Å². The Balaban J connectivity index is 1.38. The second-order valence-electron chi connectivity index (χ2n) is 10.7. The van der Waals surface area contributed by atoms with Gasteiger partial charge in [-0.2, -0.15) is 5.26 Å². The molecule has 42 heavy (non-hydrogen) atoms. The highest BCUT2D eigenvalue weighted by atomic mass is 16.3. The molecule has 4 heteroatoms. The summed E-state index contributed by atoms with van der Waals surface area (Å²) in [6.45, 7) is 2.07. The molecule has 2 heterocycles. The molecule has 0 saturated heterocycles. The van der Waals surface area contributed by atoms with Gasteiger partial charge in [-0.15, -0.1) is 0 Å². The van der Waals surface area contributed by atoms with E-state index < -0.39 is 0 Å². The molecule has 198 valence electrons. The van der Waals surface area contributed by atoms with Gasteiger partial charge in [0.1, 0.15) is 11.8 Å². The van der Waals surface area contributed by atoms with Crippen LogP contribution in [0, 0.1) is 18.3 Å². The first-order valence-corrected chi connectivity index (χ1v) is 14.0. The fourth-order valence-electron chi connectivity index (χ4n) is 6.50. The zero-order valence-electron chi connectivity index (χ0n) is 22.9. The Morgan fingerprint density at radius 2 is 1.07 bits per heavy atom. The summed E-state index contributed by atoms with van der Waals surface area (Å²) in [6, 6.07) is 45.6. The van der Waals surface area contributed by atoms with Gasteiger partial charge in [0.05, 0.1) is 27.6 Å². The minimum Gasteiger partial charge on any atom is -0.507 e. The molecule has 0 radical (unpaired) electrons. The highest BCUT2D eigenvalue weighted by Crippen LogP contribution is 2.40. The number of nitriles is 1. The van der Waals surface area contributed by atoms with E-state index in [9.17, 15) is 10.4 Å². The van der Waals surface area contributed by atoms with Crippen LogP contribution in [0.4, 0.5) is 0 Å². The lowest BCUT2D eigenvalue weighted by Crippen LogP contribution is -1.98. The molecule has 0 saturated carbocycles. The number of rotatable bonds is 3. The van der Waals surface area contributed by atoms with Gasteiger partial charge in [0, 0.05) is 38.5 Å². The highest BCUT2D eigenvalue weighted by molar-refractivity contribution is 6.11. The molecule has 0 bridgehead atoms. The van der Waals surface area contributed by atoms with Gasteiger partial charge in [-0.05, 0) is 72.6 Å². The molecule has 8 rings (SSSR count). The molecule has 0 aliphatic carbocycles. The molecule has 0 unspecified atom stereocenters. The first-order valence-electron chi connectivity index (χ1n) is 14.0. The standard InChI is InChI=1S/C38H25N3O/c1-24-17-18-26(40-34-14-5-2-10-28(34)29-11-3-6-15-35(29)40)21-32(24)33-22-27(19-20-37(33)42)41-36-16-7-4-12-30(36)31-13-8-9-25(23-39)38(31)41/h2-22,42H,1H3. The second-order valence-corrected chi connectivity index (χ2v) is 10.7. The molecule has 0 spiro atoms. The van der Waals surface area contributed by atoms with Crippen molar-refractivity contribution in [3.8, 4) is 34.3 Å². The van der Waals surface area contributed by atoms with Crippen molar-refractivity contribution in [3.63, 3.8) is 0 Å². The van der Waals surface area contributed by atoms with Crippen molar-refractivity contribution in [3.05, 3.63) is 139 Å². The number of nitrogens with zero attached hydrogens (tertiary/aromatic N) is 3. The molecule has 1 N–H and O–H groups in total. The smallest absolute Gasteiger partial charge is 0.123 e. The van der Waals surface area contributed by atoms with Gasteiger partial charge in [-0.25, -0.2) is 0 Å². The van der Waals surface area contributed by atoms with E-state index in [-0.39, 0.29) is 5.75 Å². The van der Waals surface area contributed by atoms with Gasteiger partial charge in [-0.1, -0.05) is 72.8 Å². The van der Waals surface area contributed by atoms with Gasteiger partial charge in [0.15, 0.2) is 0 Å². The number of benzene rings is 6. The van der Waals surface area contributed by atoms with Crippen molar-refractivity contribution in [1.29, 1.82) is 5.26 Å². The first-order chi connectivity index (χ1) is 20.6. The molecule has 6 aromatic carbocycles. The molecular formula is C38H25N3O. The lowest BCUT2D eigenvalue weighted by Gasteiger charge is -2.16. The molecular weight excluding hydrogens is 514 g/mol. The van der Waals surface area contributed by atoms with Crippen LogP contribution < -0.4 is 0 Å². The number of aromatic nitrogens is 2. The zero-order chi connectivity index (χ0) is 28.4. The van der Waals surface area contributed by atoms with Crippen LogP contribution in [0.15, 0.2) is 127 Å². The number of hydrogen-bond donors (Lipinski definition) is 1. The van der Waals surface area contributed by atoms with Crippen molar-refractivity contribution >= 4 is 43.6 Å². The summed E-state index contributed by atoms with van der Waals surface area (Å²) in [5.74, 6) is 0.211. The molecule has 0 aliphatic rings. The summed E-state index contributed by atoms with van der Waals surface area (Å²) >= 11 is 0. The fraction of sp³-hybridized carbons (Fsp3) is 0.0263.